The Morgan fingerprint density at radius 1 is 1.27 bits per heavy atom. The average molecular weight is 357 g/mol. The van der Waals surface area contributed by atoms with Crippen molar-refractivity contribution in [2.75, 3.05) is 33.3 Å². The molecule has 0 aromatic heterocycles. The van der Waals surface area contributed by atoms with Gasteiger partial charge in [-0.2, -0.15) is 0 Å². The Hall–Kier alpha value is -1.59. The summed E-state index contributed by atoms with van der Waals surface area (Å²) in [7, 11) is 1.82. The summed E-state index contributed by atoms with van der Waals surface area (Å²) in [6, 6.07) is 8.23. The number of hydrogen-bond donors (Lipinski definition) is 2. The molecular weight excluding hydrogens is 326 g/mol. The van der Waals surface area contributed by atoms with Crippen molar-refractivity contribution in [3.05, 3.63) is 35.4 Å². The predicted molar refractivity (Wildman–Crippen MR) is 103 cm³/mol. The SMILES string of the molecule is CN=C(NCC1(O)CCc2ccccc21)N1CCC(OCC2CC2)CC1. The number of ether oxygens (including phenoxy) is 1. The standard InChI is InChI=1S/C21H31N3O2/c1-22-20(24-12-9-18(10-13-24)26-14-16-6-7-16)23-15-21(25)11-8-17-4-2-3-5-19(17)21/h2-5,16,18,25H,6-15H2,1H3,(H,22,23). The third kappa shape index (κ3) is 3.89. The lowest BCUT2D eigenvalue weighted by atomic mass is 9.96. The van der Waals surface area contributed by atoms with Crippen molar-refractivity contribution in [2.24, 2.45) is 10.9 Å². The number of guanidine groups is 1. The summed E-state index contributed by atoms with van der Waals surface area (Å²) in [5, 5.41) is 14.5. The Morgan fingerprint density at radius 2 is 2.04 bits per heavy atom. The molecule has 5 nitrogen and oxygen atoms in total. The van der Waals surface area contributed by atoms with E-state index in [1.54, 1.807) is 0 Å². The van der Waals surface area contributed by atoms with Gasteiger partial charge < -0.3 is 20.1 Å². The van der Waals surface area contributed by atoms with Gasteiger partial charge in [-0.1, -0.05) is 24.3 Å². The highest BCUT2D eigenvalue weighted by molar-refractivity contribution is 5.80. The molecule has 0 radical (unpaired) electrons. The van der Waals surface area contributed by atoms with Crippen LogP contribution in [0.3, 0.4) is 0 Å². The topological polar surface area (TPSA) is 57.1 Å². The van der Waals surface area contributed by atoms with E-state index < -0.39 is 5.60 Å². The summed E-state index contributed by atoms with van der Waals surface area (Å²) in [5.41, 5.74) is 1.54. The lowest BCUT2D eigenvalue weighted by molar-refractivity contribution is 0.0121. The van der Waals surface area contributed by atoms with E-state index in [1.807, 2.05) is 19.2 Å². The molecule has 1 unspecified atom stereocenters. The van der Waals surface area contributed by atoms with Gasteiger partial charge in [-0.05, 0) is 55.6 Å². The zero-order chi connectivity index (χ0) is 18.0. The van der Waals surface area contributed by atoms with Gasteiger partial charge in [-0.15, -0.1) is 0 Å². The third-order valence-electron chi connectivity index (χ3n) is 6.08. The van der Waals surface area contributed by atoms with Gasteiger partial charge >= 0.3 is 0 Å². The van der Waals surface area contributed by atoms with E-state index in [9.17, 15) is 5.11 Å². The van der Waals surface area contributed by atoms with E-state index in [2.05, 4.69) is 27.3 Å². The summed E-state index contributed by atoms with van der Waals surface area (Å²) in [6.45, 7) is 3.38. The first kappa shape index (κ1) is 17.8. The molecule has 1 saturated heterocycles. The molecule has 4 rings (SSSR count). The maximum absolute atomic E-state index is 11.1. The van der Waals surface area contributed by atoms with Gasteiger partial charge in [0.15, 0.2) is 5.96 Å². The van der Waals surface area contributed by atoms with Crippen molar-refractivity contribution in [1.29, 1.82) is 0 Å². The van der Waals surface area contributed by atoms with Crippen LogP contribution in [0.4, 0.5) is 0 Å². The molecule has 2 fully saturated rings. The highest BCUT2D eigenvalue weighted by Gasteiger charge is 2.37. The van der Waals surface area contributed by atoms with Gasteiger partial charge in [0.05, 0.1) is 12.6 Å². The van der Waals surface area contributed by atoms with Crippen molar-refractivity contribution in [3.8, 4) is 0 Å². The van der Waals surface area contributed by atoms with Gasteiger partial charge in [-0.25, -0.2) is 0 Å². The molecule has 1 aromatic carbocycles. The first-order valence-electron chi connectivity index (χ1n) is 10.1. The Bertz CT molecular complexity index is 650. The predicted octanol–water partition coefficient (Wildman–Crippen LogP) is 2.29. The van der Waals surface area contributed by atoms with E-state index in [0.717, 1.165) is 62.8 Å². The van der Waals surface area contributed by atoms with Gasteiger partial charge in [0.1, 0.15) is 5.60 Å². The van der Waals surface area contributed by atoms with Crippen LogP contribution >= 0.6 is 0 Å². The van der Waals surface area contributed by atoms with Gasteiger partial charge in [-0.3, -0.25) is 4.99 Å². The molecule has 3 aliphatic rings. The van der Waals surface area contributed by atoms with Crippen LogP contribution in [0.15, 0.2) is 29.3 Å². The number of likely N-dealkylation sites (tertiary alicyclic amines) is 1. The smallest absolute Gasteiger partial charge is 0.193 e. The average Bonchev–Trinajstić information content (AvgIpc) is 3.45. The molecule has 26 heavy (non-hydrogen) atoms. The molecule has 1 aliphatic heterocycles. The monoisotopic (exact) mass is 357 g/mol. The largest absolute Gasteiger partial charge is 0.383 e. The molecule has 0 amide bonds. The van der Waals surface area contributed by atoms with Crippen LogP contribution in [-0.2, 0) is 16.8 Å². The third-order valence-corrected chi connectivity index (χ3v) is 6.08. The molecule has 1 saturated carbocycles. The summed E-state index contributed by atoms with van der Waals surface area (Å²) in [6.07, 6.45) is 6.92. The molecule has 1 aromatic rings. The molecule has 1 heterocycles. The number of piperidine rings is 1. The molecule has 2 N–H and O–H groups in total. The first-order chi connectivity index (χ1) is 12.7. The number of benzene rings is 1. The van der Waals surface area contributed by atoms with E-state index in [0.29, 0.717) is 12.6 Å². The molecular formula is C21H31N3O2. The van der Waals surface area contributed by atoms with Gasteiger partial charge in [0.25, 0.3) is 0 Å². The Labute approximate surface area is 156 Å². The van der Waals surface area contributed by atoms with E-state index in [1.165, 1.54) is 18.4 Å². The van der Waals surface area contributed by atoms with Crippen molar-refractivity contribution in [1.82, 2.24) is 10.2 Å². The first-order valence-corrected chi connectivity index (χ1v) is 10.1. The van der Waals surface area contributed by atoms with E-state index in [4.69, 9.17) is 4.74 Å². The minimum atomic E-state index is -0.793. The van der Waals surface area contributed by atoms with Crippen molar-refractivity contribution in [2.45, 2.75) is 50.2 Å². The fourth-order valence-corrected chi connectivity index (χ4v) is 4.20. The fraction of sp³-hybridized carbons (Fsp3) is 0.667. The number of aliphatic hydroxyl groups is 1. The van der Waals surface area contributed by atoms with Crippen LogP contribution in [0.1, 0.15) is 43.2 Å². The van der Waals surface area contributed by atoms with Crippen LogP contribution < -0.4 is 5.32 Å². The highest BCUT2D eigenvalue weighted by atomic mass is 16.5. The summed E-state index contributed by atoms with van der Waals surface area (Å²) in [5.74, 6) is 1.72. The minimum Gasteiger partial charge on any atom is -0.383 e. The number of nitrogens with one attached hydrogen (secondary N) is 1. The van der Waals surface area contributed by atoms with Crippen LogP contribution in [0.5, 0.6) is 0 Å². The normalized spacial score (nSPS) is 26.8. The molecule has 5 heteroatoms. The molecule has 2 aliphatic carbocycles. The van der Waals surface area contributed by atoms with Crippen LogP contribution in [-0.4, -0.2) is 55.4 Å². The van der Waals surface area contributed by atoms with Crippen molar-refractivity contribution >= 4 is 5.96 Å². The van der Waals surface area contributed by atoms with Crippen LogP contribution in [0.2, 0.25) is 0 Å². The van der Waals surface area contributed by atoms with Gasteiger partial charge in [0.2, 0.25) is 0 Å². The Balaban J connectivity index is 1.29. The number of aryl methyl sites for hydroxylation is 1. The second-order valence-electron chi connectivity index (χ2n) is 8.05. The number of hydrogen-bond acceptors (Lipinski definition) is 3. The summed E-state index contributed by atoms with van der Waals surface area (Å²) >= 11 is 0. The quantitative estimate of drug-likeness (QED) is 0.627. The summed E-state index contributed by atoms with van der Waals surface area (Å²) in [4.78, 5) is 6.74. The Kier molecular flexibility index (Phi) is 5.18. The van der Waals surface area contributed by atoms with E-state index in [-0.39, 0.29) is 0 Å². The highest BCUT2D eigenvalue weighted by Crippen LogP contribution is 2.36. The zero-order valence-corrected chi connectivity index (χ0v) is 15.8. The molecule has 0 spiro atoms. The van der Waals surface area contributed by atoms with Crippen molar-refractivity contribution in [3.63, 3.8) is 0 Å². The van der Waals surface area contributed by atoms with Crippen LogP contribution in [0, 0.1) is 5.92 Å². The zero-order valence-electron chi connectivity index (χ0n) is 15.8. The maximum Gasteiger partial charge on any atom is 0.193 e. The van der Waals surface area contributed by atoms with Crippen LogP contribution in [0.25, 0.3) is 0 Å². The lowest BCUT2D eigenvalue weighted by Gasteiger charge is -2.35. The fourth-order valence-electron chi connectivity index (χ4n) is 4.20. The number of aliphatic imine (C=N–C) groups is 1. The number of rotatable bonds is 5. The number of nitrogens with zero attached hydrogens (tertiary/aromatic N) is 2. The second-order valence-corrected chi connectivity index (χ2v) is 8.05. The van der Waals surface area contributed by atoms with Crippen molar-refractivity contribution < 1.29 is 9.84 Å². The molecule has 142 valence electrons. The molecule has 1 atom stereocenters. The minimum absolute atomic E-state index is 0.399. The van der Waals surface area contributed by atoms with Gasteiger partial charge in [0, 0.05) is 26.7 Å². The summed E-state index contributed by atoms with van der Waals surface area (Å²) < 4.78 is 6.04. The molecule has 0 bridgehead atoms. The maximum atomic E-state index is 11.1. The van der Waals surface area contributed by atoms with E-state index >= 15 is 0 Å². The lowest BCUT2D eigenvalue weighted by Crippen LogP contribution is -2.50. The number of fused-ring (bicyclic) bond motifs is 1. The second kappa shape index (κ2) is 7.57. The Morgan fingerprint density at radius 3 is 2.77 bits per heavy atom.